The molecule has 0 aliphatic heterocycles. The molecule has 31 heavy (non-hydrogen) atoms. The van der Waals surface area contributed by atoms with E-state index in [0.717, 1.165) is 12.1 Å². The van der Waals surface area contributed by atoms with Crippen molar-refractivity contribution < 1.29 is 32.2 Å². The van der Waals surface area contributed by atoms with Gasteiger partial charge in [-0.25, -0.2) is 9.78 Å². The number of anilines is 1. The summed E-state index contributed by atoms with van der Waals surface area (Å²) in [4.78, 5) is 27.6. The maximum absolute atomic E-state index is 12.6. The van der Waals surface area contributed by atoms with E-state index in [2.05, 4.69) is 15.6 Å². The smallest absolute Gasteiger partial charge is 0.416 e. The number of hydrogen-bond donors (Lipinski definition) is 2. The molecule has 0 saturated heterocycles. The SMILES string of the molecule is CNC(=O)Oc1cc(Oc2cccc(C(=O)Nc3ccc(C(F)(F)F)cc3)c2)ccn1. The van der Waals surface area contributed by atoms with E-state index >= 15 is 0 Å². The van der Waals surface area contributed by atoms with Crippen LogP contribution in [0.1, 0.15) is 15.9 Å². The van der Waals surface area contributed by atoms with Gasteiger partial charge in [0.05, 0.1) is 5.56 Å². The maximum Gasteiger partial charge on any atom is 0.416 e. The van der Waals surface area contributed by atoms with Crippen molar-refractivity contribution in [1.29, 1.82) is 0 Å². The average Bonchev–Trinajstić information content (AvgIpc) is 2.74. The number of rotatable bonds is 5. The number of amides is 2. The van der Waals surface area contributed by atoms with Gasteiger partial charge < -0.3 is 20.1 Å². The lowest BCUT2D eigenvalue weighted by Gasteiger charge is -2.10. The van der Waals surface area contributed by atoms with Crippen molar-refractivity contribution in [3.63, 3.8) is 0 Å². The Labute approximate surface area is 174 Å². The van der Waals surface area contributed by atoms with Crippen molar-refractivity contribution >= 4 is 17.7 Å². The molecule has 1 aromatic heterocycles. The van der Waals surface area contributed by atoms with E-state index in [1.54, 1.807) is 12.1 Å². The fourth-order valence-electron chi connectivity index (χ4n) is 2.44. The molecule has 2 N–H and O–H groups in total. The van der Waals surface area contributed by atoms with Crippen molar-refractivity contribution in [2.45, 2.75) is 6.18 Å². The van der Waals surface area contributed by atoms with Gasteiger partial charge in [-0.15, -0.1) is 0 Å². The maximum atomic E-state index is 12.6. The largest absolute Gasteiger partial charge is 0.457 e. The average molecular weight is 431 g/mol. The third-order valence-electron chi connectivity index (χ3n) is 3.91. The Morgan fingerprint density at radius 1 is 0.968 bits per heavy atom. The van der Waals surface area contributed by atoms with E-state index in [1.165, 1.54) is 49.6 Å². The Hall–Kier alpha value is -4.08. The van der Waals surface area contributed by atoms with Crippen molar-refractivity contribution in [2.24, 2.45) is 0 Å². The van der Waals surface area contributed by atoms with Crippen LogP contribution in [0.2, 0.25) is 0 Å². The molecule has 1 heterocycles. The number of ether oxygens (including phenoxy) is 2. The molecule has 2 aromatic carbocycles. The van der Waals surface area contributed by atoms with Gasteiger partial charge in [0, 0.05) is 30.6 Å². The molecule has 0 unspecified atom stereocenters. The van der Waals surface area contributed by atoms with Gasteiger partial charge >= 0.3 is 12.3 Å². The fraction of sp³-hybridized carbons (Fsp3) is 0.0952. The lowest BCUT2D eigenvalue weighted by Crippen LogP contribution is -2.22. The van der Waals surface area contributed by atoms with Crippen LogP contribution in [0.5, 0.6) is 17.4 Å². The van der Waals surface area contributed by atoms with Crippen molar-refractivity contribution in [3.8, 4) is 17.4 Å². The van der Waals surface area contributed by atoms with Gasteiger partial charge in [0.25, 0.3) is 5.91 Å². The summed E-state index contributed by atoms with van der Waals surface area (Å²) in [5.41, 5.74) is -0.360. The highest BCUT2D eigenvalue weighted by Crippen LogP contribution is 2.30. The normalized spacial score (nSPS) is 10.8. The van der Waals surface area contributed by atoms with Crippen LogP contribution in [0.3, 0.4) is 0 Å². The van der Waals surface area contributed by atoms with Crippen molar-refractivity contribution in [2.75, 3.05) is 12.4 Å². The Morgan fingerprint density at radius 2 is 1.68 bits per heavy atom. The van der Waals surface area contributed by atoms with Gasteiger partial charge in [-0.1, -0.05) is 6.07 Å². The lowest BCUT2D eigenvalue weighted by molar-refractivity contribution is -0.137. The summed E-state index contributed by atoms with van der Waals surface area (Å²) in [6, 6.07) is 13.2. The number of benzene rings is 2. The number of carbonyl (C=O) groups excluding carboxylic acids is 2. The summed E-state index contributed by atoms with van der Waals surface area (Å²) in [6.07, 6.45) is -3.76. The Morgan fingerprint density at radius 3 is 2.35 bits per heavy atom. The van der Waals surface area contributed by atoms with Crippen molar-refractivity contribution in [3.05, 3.63) is 78.0 Å². The monoisotopic (exact) mass is 431 g/mol. The van der Waals surface area contributed by atoms with E-state index in [-0.39, 0.29) is 17.1 Å². The van der Waals surface area contributed by atoms with Crippen LogP contribution in [0.4, 0.5) is 23.7 Å². The van der Waals surface area contributed by atoms with Crippen LogP contribution in [-0.4, -0.2) is 24.0 Å². The molecule has 0 fully saturated rings. The Kier molecular flexibility index (Phi) is 6.39. The van der Waals surface area contributed by atoms with E-state index in [0.29, 0.717) is 11.5 Å². The first-order valence-electron chi connectivity index (χ1n) is 8.87. The van der Waals surface area contributed by atoms with Gasteiger partial charge in [0.1, 0.15) is 11.5 Å². The van der Waals surface area contributed by atoms with Gasteiger partial charge in [-0.3, -0.25) is 4.79 Å². The van der Waals surface area contributed by atoms with Gasteiger partial charge in [0.2, 0.25) is 5.88 Å². The minimum atomic E-state index is -4.45. The third-order valence-corrected chi connectivity index (χ3v) is 3.91. The summed E-state index contributed by atoms with van der Waals surface area (Å²) in [7, 11) is 1.41. The second-order valence-electron chi connectivity index (χ2n) is 6.13. The number of nitrogens with one attached hydrogen (secondary N) is 2. The first-order valence-corrected chi connectivity index (χ1v) is 8.87. The standard InChI is InChI=1S/C21H16F3N3O4/c1-25-20(29)31-18-12-17(9-10-26-18)30-16-4-2-3-13(11-16)19(28)27-15-7-5-14(6-8-15)21(22,23)24/h2-12H,1H3,(H,25,29)(H,27,28). The molecule has 0 spiro atoms. The summed E-state index contributed by atoms with van der Waals surface area (Å²) in [5.74, 6) is 0.128. The van der Waals surface area contributed by atoms with Gasteiger partial charge in [-0.2, -0.15) is 13.2 Å². The molecule has 0 aliphatic carbocycles. The zero-order valence-electron chi connectivity index (χ0n) is 16.1. The first-order chi connectivity index (χ1) is 14.7. The highest BCUT2D eigenvalue weighted by atomic mass is 19.4. The van der Waals surface area contributed by atoms with Gasteiger partial charge in [-0.05, 0) is 48.5 Å². The molecule has 0 radical (unpaired) electrons. The summed E-state index contributed by atoms with van der Waals surface area (Å²) >= 11 is 0. The number of nitrogens with zero attached hydrogens (tertiary/aromatic N) is 1. The molecule has 0 atom stereocenters. The summed E-state index contributed by atoms with van der Waals surface area (Å²) in [5, 5.41) is 4.82. The van der Waals surface area contributed by atoms with Gasteiger partial charge in [0.15, 0.2) is 0 Å². The minimum Gasteiger partial charge on any atom is -0.457 e. The molecule has 2 amide bonds. The predicted octanol–water partition coefficient (Wildman–Crippen LogP) is 4.86. The number of alkyl halides is 3. The first kappa shape index (κ1) is 21.6. The third kappa shape index (κ3) is 5.95. The molecular weight excluding hydrogens is 415 g/mol. The van der Waals surface area contributed by atoms with E-state index < -0.39 is 23.7 Å². The van der Waals surface area contributed by atoms with E-state index in [4.69, 9.17) is 9.47 Å². The highest BCUT2D eigenvalue weighted by molar-refractivity contribution is 6.04. The number of aromatic nitrogens is 1. The Balaban J connectivity index is 1.69. The van der Waals surface area contributed by atoms with Crippen LogP contribution in [-0.2, 0) is 6.18 Å². The van der Waals surface area contributed by atoms with Crippen LogP contribution in [0, 0.1) is 0 Å². The zero-order valence-corrected chi connectivity index (χ0v) is 16.1. The molecule has 0 aliphatic rings. The number of hydrogen-bond acceptors (Lipinski definition) is 5. The molecule has 0 saturated carbocycles. The molecule has 3 rings (SSSR count). The molecule has 3 aromatic rings. The summed E-state index contributed by atoms with van der Waals surface area (Å²) < 4.78 is 48.5. The topological polar surface area (TPSA) is 89.5 Å². The number of halogens is 3. The molecular formula is C21H16F3N3O4. The highest BCUT2D eigenvalue weighted by Gasteiger charge is 2.30. The zero-order chi connectivity index (χ0) is 22.4. The quantitative estimate of drug-likeness (QED) is 0.602. The number of pyridine rings is 1. The molecule has 160 valence electrons. The minimum absolute atomic E-state index is 0.0213. The fourth-order valence-corrected chi connectivity index (χ4v) is 2.44. The molecule has 7 nitrogen and oxygen atoms in total. The second kappa shape index (κ2) is 9.16. The van der Waals surface area contributed by atoms with Crippen LogP contribution >= 0.6 is 0 Å². The predicted molar refractivity (Wildman–Crippen MR) is 105 cm³/mol. The van der Waals surface area contributed by atoms with Crippen molar-refractivity contribution in [1.82, 2.24) is 10.3 Å². The Bertz CT molecular complexity index is 1090. The van der Waals surface area contributed by atoms with E-state index in [9.17, 15) is 22.8 Å². The lowest BCUT2D eigenvalue weighted by atomic mass is 10.1. The van der Waals surface area contributed by atoms with Crippen LogP contribution in [0.25, 0.3) is 0 Å². The second-order valence-corrected chi connectivity index (χ2v) is 6.13. The molecule has 10 heteroatoms. The number of carbonyl (C=O) groups is 2. The molecule has 0 bridgehead atoms. The summed E-state index contributed by atoms with van der Waals surface area (Å²) in [6.45, 7) is 0. The van der Waals surface area contributed by atoms with Crippen LogP contribution < -0.4 is 20.1 Å². The van der Waals surface area contributed by atoms with E-state index in [1.807, 2.05) is 0 Å². The van der Waals surface area contributed by atoms with Crippen LogP contribution in [0.15, 0.2) is 66.9 Å².